The minimum atomic E-state index is -3.36. The fraction of sp³-hybridized carbons (Fsp3) is 0.304. The summed E-state index contributed by atoms with van der Waals surface area (Å²) in [4.78, 5) is 27.2. The van der Waals surface area contributed by atoms with Crippen LogP contribution in [0.15, 0.2) is 54.1 Å². The third kappa shape index (κ3) is 4.00. The Kier molecular flexibility index (Phi) is 5.77. The number of rotatable bonds is 5. The van der Waals surface area contributed by atoms with Crippen LogP contribution in [0, 0.1) is 5.82 Å². The SMILES string of the molecule is CCOc1cccc(C(O)=C2C(=O)C(=O)N([C@@H]3CCS(=O)(=O)C3)[C@@H]2c2cccc(F)c2)c1. The highest BCUT2D eigenvalue weighted by Crippen LogP contribution is 2.42. The molecule has 2 atom stereocenters. The number of carbonyl (C=O) groups excluding carboxylic acids is 2. The molecule has 0 bridgehead atoms. The first-order valence-electron chi connectivity index (χ1n) is 10.2. The topological polar surface area (TPSA) is 101 Å². The standard InChI is InChI=1S/C23H22FNO6S/c1-2-31-18-8-4-6-15(12-18)21(26)19-20(14-5-3-7-16(24)11-14)25(23(28)22(19)27)17-9-10-32(29,30)13-17/h3-8,11-12,17,20,26H,2,9-10,13H2,1H3/t17-,20-/m1/s1. The van der Waals surface area contributed by atoms with Crippen molar-refractivity contribution < 1.29 is 32.2 Å². The Balaban J connectivity index is 1.88. The summed E-state index contributed by atoms with van der Waals surface area (Å²) in [5.41, 5.74) is 0.323. The molecule has 2 saturated heterocycles. The second kappa shape index (κ2) is 8.38. The smallest absolute Gasteiger partial charge is 0.295 e. The molecule has 0 spiro atoms. The lowest BCUT2D eigenvalue weighted by Gasteiger charge is -2.30. The fourth-order valence-corrected chi connectivity index (χ4v) is 5.99. The molecule has 2 fully saturated rings. The van der Waals surface area contributed by atoms with E-state index in [0.29, 0.717) is 12.4 Å². The minimum absolute atomic E-state index is 0.104. The predicted molar refractivity (Wildman–Crippen MR) is 115 cm³/mol. The van der Waals surface area contributed by atoms with Gasteiger partial charge in [-0.2, -0.15) is 0 Å². The van der Waals surface area contributed by atoms with Crippen LogP contribution in [0.3, 0.4) is 0 Å². The molecular formula is C23H22FNO6S. The Labute approximate surface area is 185 Å². The number of aliphatic hydroxyl groups excluding tert-OH is 1. The quantitative estimate of drug-likeness (QED) is 0.419. The van der Waals surface area contributed by atoms with Crippen LogP contribution in [0.4, 0.5) is 4.39 Å². The summed E-state index contributed by atoms with van der Waals surface area (Å²) in [5.74, 6) is -2.78. The van der Waals surface area contributed by atoms with Gasteiger partial charge in [-0.3, -0.25) is 9.59 Å². The average Bonchev–Trinajstić information content (AvgIpc) is 3.24. The van der Waals surface area contributed by atoms with Gasteiger partial charge in [0.2, 0.25) is 0 Å². The fourth-order valence-electron chi connectivity index (χ4n) is 4.28. The van der Waals surface area contributed by atoms with E-state index in [1.54, 1.807) is 31.2 Å². The maximum absolute atomic E-state index is 14.1. The number of sulfone groups is 1. The molecular weight excluding hydrogens is 437 g/mol. The average molecular weight is 459 g/mol. The van der Waals surface area contributed by atoms with Gasteiger partial charge in [-0.05, 0) is 43.2 Å². The molecule has 1 N–H and O–H groups in total. The molecule has 9 heteroatoms. The number of Topliss-reactive ketones (excluding diaryl/α,β-unsaturated/α-hetero) is 1. The molecule has 2 aliphatic rings. The van der Waals surface area contributed by atoms with Gasteiger partial charge in [-0.1, -0.05) is 24.3 Å². The third-order valence-corrected chi connectivity index (χ3v) is 7.42. The minimum Gasteiger partial charge on any atom is -0.507 e. The van der Waals surface area contributed by atoms with E-state index in [1.165, 1.54) is 29.2 Å². The van der Waals surface area contributed by atoms with Crippen molar-refractivity contribution in [3.63, 3.8) is 0 Å². The zero-order chi connectivity index (χ0) is 23.0. The molecule has 0 aliphatic carbocycles. The molecule has 2 aromatic carbocycles. The number of ether oxygens (including phenoxy) is 1. The Bertz CT molecular complexity index is 1220. The van der Waals surface area contributed by atoms with E-state index in [0.717, 1.165) is 0 Å². The Morgan fingerprint density at radius 2 is 1.94 bits per heavy atom. The number of hydrogen-bond donors (Lipinski definition) is 1. The van der Waals surface area contributed by atoms with Crippen molar-refractivity contribution >= 4 is 27.3 Å². The van der Waals surface area contributed by atoms with Crippen LogP contribution in [0.1, 0.15) is 30.5 Å². The molecule has 1 amide bonds. The van der Waals surface area contributed by atoms with E-state index in [1.807, 2.05) is 0 Å². The van der Waals surface area contributed by atoms with Crippen molar-refractivity contribution in [2.24, 2.45) is 0 Å². The van der Waals surface area contributed by atoms with Gasteiger partial charge in [0.25, 0.3) is 11.7 Å². The summed E-state index contributed by atoms with van der Waals surface area (Å²) in [6.45, 7) is 2.20. The van der Waals surface area contributed by atoms with Crippen LogP contribution in [-0.4, -0.2) is 54.3 Å². The number of likely N-dealkylation sites (tertiary alicyclic amines) is 1. The van der Waals surface area contributed by atoms with E-state index in [4.69, 9.17) is 4.74 Å². The monoisotopic (exact) mass is 459 g/mol. The van der Waals surface area contributed by atoms with Crippen LogP contribution in [0.2, 0.25) is 0 Å². The van der Waals surface area contributed by atoms with Crippen molar-refractivity contribution in [2.75, 3.05) is 18.1 Å². The Morgan fingerprint density at radius 1 is 1.19 bits per heavy atom. The van der Waals surface area contributed by atoms with Crippen LogP contribution in [0.25, 0.3) is 5.76 Å². The highest BCUT2D eigenvalue weighted by atomic mass is 32.2. The lowest BCUT2D eigenvalue weighted by atomic mass is 9.94. The van der Waals surface area contributed by atoms with Gasteiger partial charge in [0, 0.05) is 11.6 Å². The maximum atomic E-state index is 14.1. The summed E-state index contributed by atoms with van der Waals surface area (Å²) in [6.07, 6.45) is 0.168. The molecule has 0 saturated carbocycles. The van der Waals surface area contributed by atoms with E-state index < -0.39 is 45.2 Å². The van der Waals surface area contributed by atoms with Crippen LogP contribution in [0.5, 0.6) is 5.75 Å². The summed E-state index contributed by atoms with van der Waals surface area (Å²) >= 11 is 0. The highest BCUT2D eigenvalue weighted by molar-refractivity contribution is 7.91. The van der Waals surface area contributed by atoms with Crippen LogP contribution in [-0.2, 0) is 19.4 Å². The normalized spacial score (nSPS) is 24.1. The molecule has 168 valence electrons. The van der Waals surface area contributed by atoms with Crippen LogP contribution < -0.4 is 4.74 Å². The van der Waals surface area contributed by atoms with Gasteiger partial charge in [-0.15, -0.1) is 0 Å². The van der Waals surface area contributed by atoms with E-state index in [-0.39, 0.29) is 34.6 Å². The first-order chi connectivity index (χ1) is 15.2. The van der Waals surface area contributed by atoms with Gasteiger partial charge in [0.05, 0.1) is 29.7 Å². The molecule has 2 aromatic rings. The number of aliphatic hydroxyl groups is 1. The molecule has 4 rings (SSSR count). The van der Waals surface area contributed by atoms with Gasteiger partial charge >= 0.3 is 0 Å². The molecule has 2 heterocycles. The van der Waals surface area contributed by atoms with Crippen LogP contribution >= 0.6 is 0 Å². The lowest BCUT2D eigenvalue weighted by molar-refractivity contribution is -0.141. The lowest BCUT2D eigenvalue weighted by Crippen LogP contribution is -2.40. The van der Waals surface area contributed by atoms with Gasteiger partial charge in [0.15, 0.2) is 9.84 Å². The van der Waals surface area contributed by atoms with E-state index in [9.17, 15) is 27.5 Å². The number of hydrogen-bond acceptors (Lipinski definition) is 6. The van der Waals surface area contributed by atoms with Crippen molar-refractivity contribution in [2.45, 2.75) is 25.4 Å². The summed E-state index contributed by atoms with van der Waals surface area (Å²) < 4.78 is 43.6. The first-order valence-corrected chi connectivity index (χ1v) is 12.0. The maximum Gasteiger partial charge on any atom is 0.295 e. The predicted octanol–water partition coefficient (Wildman–Crippen LogP) is 2.83. The van der Waals surface area contributed by atoms with Crippen molar-refractivity contribution in [1.29, 1.82) is 0 Å². The number of carbonyl (C=O) groups is 2. The number of halogens is 1. The van der Waals surface area contributed by atoms with Crippen molar-refractivity contribution in [3.05, 3.63) is 71.0 Å². The summed E-state index contributed by atoms with van der Waals surface area (Å²) in [5, 5.41) is 11.1. The molecule has 0 unspecified atom stereocenters. The molecule has 0 radical (unpaired) electrons. The summed E-state index contributed by atoms with van der Waals surface area (Å²) in [6, 6.07) is 9.94. The zero-order valence-electron chi connectivity index (χ0n) is 17.3. The first kappa shape index (κ1) is 22.0. The highest BCUT2D eigenvalue weighted by Gasteiger charge is 2.51. The molecule has 7 nitrogen and oxygen atoms in total. The van der Waals surface area contributed by atoms with Gasteiger partial charge in [0.1, 0.15) is 17.3 Å². The number of amides is 1. The number of benzene rings is 2. The molecule has 0 aromatic heterocycles. The van der Waals surface area contributed by atoms with E-state index >= 15 is 0 Å². The molecule has 32 heavy (non-hydrogen) atoms. The van der Waals surface area contributed by atoms with E-state index in [2.05, 4.69) is 0 Å². The van der Waals surface area contributed by atoms with Crippen molar-refractivity contribution in [1.82, 2.24) is 4.90 Å². The van der Waals surface area contributed by atoms with Gasteiger partial charge < -0.3 is 14.7 Å². The Morgan fingerprint density at radius 3 is 2.59 bits per heavy atom. The zero-order valence-corrected chi connectivity index (χ0v) is 18.1. The Hall–Kier alpha value is -3.20. The third-order valence-electron chi connectivity index (χ3n) is 5.66. The molecule has 2 aliphatic heterocycles. The largest absolute Gasteiger partial charge is 0.507 e. The second-order valence-electron chi connectivity index (χ2n) is 7.78. The second-order valence-corrected chi connectivity index (χ2v) is 10.0. The number of ketones is 1. The number of nitrogens with zero attached hydrogens (tertiary/aromatic N) is 1. The van der Waals surface area contributed by atoms with Gasteiger partial charge in [-0.25, -0.2) is 12.8 Å². The summed E-state index contributed by atoms with van der Waals surface area (Å²) in [7, 11) is -3.36. The van der Waals surface area contributed by atoms with Crippen molar-refractivity contribution in [3.8, 4) is 5.75 Å².